The maximum Gasteiger partial charge on any atom is 0.337 e. The zero-order valence-corrected chi connectivity index (χ0v) is 15.2. The van der Waals surface area contributed by atoms with Gasteiger partial charge in [0.15, 0.2) is 0 Å². The SMILES string of the molecule is COC(=O)c1cccc(NC(=O)C2CCCN2Cc2cccc(C)c2)c1. The van der Waals surface area contributed by atoms with Gasteiger partial charge in [0.25, 0.3) is 0 Å². The molecule has 5 heteroatoms. The first-order valence-corrected chi connectivity index (χ1v) is 8.85. The van der Waals surface area contributed by atoms with Crippen LogP contribution in [0.15, 0.2) is 48.5 Å². The number of carbonyl (C=O) groups is 2. The van der Waals surface area contributed by atoms with Crippen molar-refractivity contribution in [1.82, 2.24) is 4.90 Å². The Balaban J connectivity index is 1.68. The minimum absolute atomic E-state index is 0.0304. The first-order valence-electron chi connectivity index (χ1n) is 8.85. The van der Waals surface area contributed by atoms with Crippen LogP contribution in [0.1, 0.15) is 34.3 Å². The van der Waals surface area contributed by atoms with E-state index in [1.54, 1.807) is 24.3 Å². The number of benzene rings is 2. The van der Waals surface area contributed by atoms with Gasteiger partial charge in [-0.15, -0.1) is 0 Å². The summed E-state index contributed by atoms with van der Waals surface area (Å²) in [6.07, 6.45) is 1.85. The predicted molar refractivity (Wildman–Crippen MR) is 101 cm³/mol. The Bertz CT molecular complexity index is 803. The van der Waals surface area contributed by atoms with Gasteiger partial charge in [0.05, 0.1) is 18.7 Å². The fourth-order valence-corrected chi connectivity index (χ4v) is 3.42. The molecular weight excluding hydrogens is 328 g/mol. The standard InChI is InChI=1S/C21H24N2O3/c1-15-6-3-7-16(12-15)14-23-11-5-10-19(23)20(24)22-18-9-4-8-17(13-18)21(25)26-2/h3-4,6-9,12-13,19H,5,10-11,14H2,1-2H3,(H,22,24). The number of amides is 1. The molecule has 136 valence electrons. The average Bonchev–Trinajstić information content (AvgIpc) is 3.09. The summed E-state index contributed by atoms with van der Waals surface area (Å²) in [6.45, 7) is 3.75. The maximum absolute atomic E-state index is 12.8. The average molecular weight is 352 g/mol. The van der Waals surface area contributed by atoms with E-state index in [4.69, 9.17) is 4.74 Å². The van der Waals surface area contributed by atoms with Crippen LogP contribution in [0.5, 0.6) is 0 Å². The summed E-state index contributed by atoms with van der Waals surface area (Å²) in [7, 11) is 1.34. The molecular formula is C21H24N2O3. The van der Waals surface area contributed by atoms with E-state index in [-0.39, 0.29) is 11.9 Å². The van der Waals surface area contributed by atoms with Gasteiger partial charge in [-0.05, 0) is 50.1 Å². The molecule has 0 aromatic heterocycles. The number of likely N-dealkylation sites (tertiary alicyclic amines) is 1. The smallest absolute Gasteiger partial charge is 0.337 e. The zero-order chi connectivity index (χ0) is 18.5. The highest BCUT2D eigenvalue weighted by Crippen LogP contribution is 2.22. The van der Waals surface area contributed by atoms with Crippen LogP contribution in [0.2, 0.25) is 0 Å². The molecule has 0 aliphatic carbocycles. The summed E-state index contributed by atoms with van der Waals surface area (Å²) in [5.74, 6) is -0.444. The monoisotopic (exact) mass is 352 g/mol. The number of nitrogens with one attached hydrogen (secondary N) is 1. The van der Waals surface area contributed by atoms with Gasteiger partial charge in [0.1, 0.15) is 0 Å². The van der Waals surface area contributed by atoms with Crippen molar-refractivity contribution in [1.29, 1.82) is 0 Å². The fourth-order valence-electron chi connectivity index (χ4n) is 3.42. The van der Waals surface area contributed by atoms with E-state index < -0.39 is 5.97 Å². The molecule has 1 unspecified atom stereocenters. The Morgan fingerprint density at radius 1 is 1.19 bits per heavy atom. The van der Waals surface area contributed by atoms with Crippen molar-refractivity contribution < 1.29 is 14.3 Å². The highest BCUT2D eigenvalue weighted by Gasteiger charge is 2.30. The van der Waals surface area contributed by atoms with Crippen LogP contribution in [-0.4, -0.2) is 36.5 Å². The van der Waals surface area contributed by atoms with Crippen LogP contribution in [0.4, 0.5) is 5.69 Å². The van der Waals surface area contributed by atoms with Gasteiger partial charge in [0, 0.05) is 12.2 Å². The molecule has 1 aliphatic heterocycles. The minimum atomic E-state index is -0.414. The largest absolute Gasteiger partial charge is 0.465 e. The van der Waals surface area contributed by atoms with Gasteiger partial charge in [0.2, 0.25) is 5.91 Å². The normalized spacial score (nSPS) is 17.1. The third-order valence-corrected chi connectivity index (χ3v) is 4.69. The number of hydrogen-bond acceptors (Lipinski definition) is 4. The van der Waals surface area contributed by atoms with E-state index in [0.717, 1.165) is 25.9 Å². The molecule has 1 N–H and O–H groups in total. The van der Waals surface area contributed by atoms with Gasteiger partial charge in [-0.2, -0.15) is 0 Å². The molecule has 2 aromatic carbocycles. The molecule has 0 radical (unpaired) electrons. The van der Waals surface area contributed by atoms with Crippen molar-refractivity contribution in [3.8, 4) is 0 Å². The van der Waals surface area contributed by atoms with Gasteiger partial charge >= 0.3 is 5.97 Å². The molecule has 1 amide bonds. The second kappa shape index (κ2) is 8.15. The Morgan fingerprint density at radius 3 is 2.77 bits per heavy atom. The van der Waals surface area contributed by atoms with Crippen LogP contribution >= 0.6 is 0 Å². The van der Waals surface area contributed by atoms with E-state index in [1.807, 2.05) is 6.07 Å². The van der Waals surface area contributed by atoms with E-state index in [0.29, 0.717) is 11.3 Å². The molecule has 5 nitrogen and oxygen atoms in total. The number of rotatable bonds is 5. The summed E-state index contributed by atoms with van der Waals surface area (Å²) in [6, 6.07) is 15.1. The molecule has 1 aliphatic rings. The molecule has 1 saturated heterocycles. The number of hydrogen-bond donors (Lipinski definition) is 1. The first kappa shape index (κ1) is 18.1. The van der Waals surface area contributed by atoms with Gasteiger partial charge in [-0.25, -0.2) is 4.79 Å². The van der Waals surface area contributed by atoms with Crippen LogP contribution in [0.3, 0.4) is 0 Å². The second-order valence-corrected chi connectivity index (χ2v) is 6.68. The molecule has 0 saturated carbocycles. The lowest BCUT2D eigenvalue weighted by Gasteiger charge is -2.24. The number of ether oxygens (including phenoxy) is 1. The topological polar surface area (TPSA) is 58.6 Å². The number of methoxy groups -OCH3 is 1. The van der Waals surface area contributed by atoms with Crippen LogP contribution < -0.4 is 5.32 Å². The molecule has 1 atom stereocenters. The Labute approximate surface area is 154 Å². The maximum atomic E-state index is 12.8. The highest BCUT2D eigenvalue weighted by molar-refractivity contribution is 5.97. The molecule has 3 rings (SSSR count). The predicted octanol–water partition coefficient (Wildman–Crippen LogP) is 3.38. The van der Waals surface area contributed by atoms with Gasteiger partial charge < -0.3 is 10.1 Å². The van der Waals surface area contributed by atoms with Crippen LogP contribution in [0.25, 0.3) is 0 Å². The third-order valence-electron chi connectivity index (χ3n) is 4.69. The first-order chi connectivity index (χ1) is 12.6. The van der Waals surface area contributed by atoms with Crippen molar-refractivity contribution in [2.45, 2.75) is 32.4 Å². The van der Waals surface area contributed by atoms with Gasteiger partial charge in [-0.1, -0.05) is 35.9 Å². The van der Waals surface area contributed by atoms with Crippen molar-refractivity contribution in [3.63, 3.8) is 0 Å². The summed E-state index contributed by atoms with van der Waals surface area (Å²) < 4.78 is 4.73. The quantitative estimate of drug-likeness (QED) is 0.838. The lowest BCUT2D eigenvalue weighted by Crippen LogP contribution is -2.39. The van der Waals surface area contributed by atoms with E-state index >= 15 is 0 Å². The summed E-state index contributed by atoms with van der Waals surface area (Å²) in [5, 5.41) is 2.94. The van der Waals surface area contributed by atoms with Crippen LogP contribution in [-0.2, 0) is 16.1 Å². The number of esters is 1. The number of anilines is 1. The summed E-state index contributed by atoms with van der Waals surface area (Å²) >= 11 is 0. The summed E-state index contributed by atoms with van der Waals surface area (Å²) in [5.41, 5.74) is 3.48. The Hall–Kier alpha value is -2.66. The summed E-state index contributed by atoms with van der Waals surface area (Å²) in [4.78, 5) is 26.6. The Kier molecular flexibility index (Phi) is 5.68. The zero-order valence-electron chi connectivity index (χ0n) is 15.2. The van der Waals surface area contributed by atoms with Crippen molar-refractivity contribution >= 4 is 17.6 Å². The minimum Gasteiger partial charge on any atom is -0.465 e. The van der Waals surface area contributed by atoms with E-state index in [9.17, 15) is 9.59 Å². The number of nitrogens with zero attached hydrogens (tertiary/aromatic N) is 1. The van der Waals surface area contributed by atoms with Crippen molar-refractivity contribution in [2.24, 2.45) is 0 Å². The molecule has 2 aromatic rings. The van der Waals surface area contributed by atoms with Crippen molar-refractivity contribution in [3.05, 3.63) is 65.2 Å². The lowest BCUT2D eigenvalue weighted by molar-refractivity contribution is -0.120. The van der Waals surface area contributed by atoms with E-state index in [2.05, 4.69) is 35.3 Å². The molecule has 1 fully saturated rings. The second-order valence-electron chi connectivity index (χ2n) is 6.68. The third kappa shape index (κ3) is 4.29. The number of aryl methyl sites for hydroxylation is 1. The fraction of sp³-hybridized carbons (Fsp3) is 0.333. The van der Waals surface area contributed by atoms with Gasteiger partial charge in [-0.3, -0.25) is 9.69 Å². The molecule has 1 heterocycles. The lowest BCUT2D eigenvalue weighted by atomic mass is 10.1. The molecule has 26 heavy (non-hydrogen) atoms. The van der Waals surface area contributed by atoms with E-state index in [1.165, 1.54) is 18.2 Å². The molecule has 0 bridgehead atoms. The van der Waals surface area contributed by atoms with Crippen LogP contribution in [0, 0.1) is 6.92 Å². The number of carbonyl (C=O) groups excluding carboxylic acids is 2. The van der Waals surface area contributed by atoms with Crippen molar-refractivity contribution in [2.75, 3.05) is 19.0 Å². The Morgan fingerprint density at radius 2 is 2.00 bits per heavy atom. The highest BCUT2D eigenvalue weighted by atomic mass is 16.5. The molecule has 0 spiro atoms.